The van der Waals surface area contributed by atoms with Crippen molar-refractivity contribution in [3.05, 3.63) is 30.1 Å². The smallest absolute Gasteiger partial charge is 0.317 e. The van der Waals surface area contributed by atoms with E-state index in [0.29, 0.717) is 6.04 Å². The van der Waals surface area contributed by atoms with Crippen LogP contribution >= 0.6 is 11.8 Å². The Balaban J connectivity index is 1.78. The molecule has 1 aliphatic heterocycles. The van der Waals surface area contributed by atoms with Crippen LogP contribution in [0.15, 0.2) is 24.4 Å². The average Bonchev–Trinajstić information content (AvgIpc) is 2.60. The number of carbonyl (C=O) groups excluding carboxylic acids is 1. The Morgan fingerprint density at radius 2 is 2.04 bits per heavy atom. The number of rotatable bonds is 6. The molecule has 0 aromatic carbocycles. The van der Waals surface area contributed by atoms with Crippen molar-refractivity contribution in [2.75, 3.05) is 38.2 Å². The second-order valence-electron chi connectivity index (χ2n) is 6.09. The number of thioether (sulfide) groups is 1. The summed E-state index contributed by atoms with van der Waals surface area (Å²) in [6, 6.07) is 6.64. The number of amides is 2. The van der Waals surface area contributed by atoms with E-state index in [0.717, 1.165) is 44.0 Å². The van der Waals surface area contributed by atoms with Crippen molar-refractivity contribution in [3.8, 4) is 0 Å². The van der Waals surface area contributed by atoms with E-state index >= 15 is 0 Å². The van der Waals surface area contributed by atoms with Crippen molar-refractivity contribution in [2.24, 2.45) is 0 Å². The number of hydrogen-bond donors (Lipinski definition) is 1. The van der Waals surface area contributed by atoms with Crippen molar-refractivity contribution in [1.82, 2.24) is 20.1 Å². The van der Waals surface area contributed by atoms with Crippen LogP contribution in [0, 0.1) is 0 Å². The summed E-state index contributed by atoms with van der Waals surface area (Å²) in [5.41, 5.74) is 1.09. The van der Waals surface area contributed by atoms with Gasteiger partial charge in [0.1, 0.15) is 0 Å². The summed E-state index contributed by atoms with van der Waals surface area (Å²) in [7, 11) is 0. The molecular weight excluding hydrogens is 308 g/mol. The van der Waals surface area contributed by atoms with E-state index in [9.17, 15) is 4.79 Å². The van der Waals surface area contributed by atoms with Crippen LogP contribution in [0.5, 0.6) is 0 Å². The van der Waals surface area contributed by atoms with Gasteiger partial charge < -0.3 is 10.2 Å². The molecule has 0 unspecified atom stereocenters. The van der Waals surface area contributed by atoms with Gasteiger partial charge in [-0.25, -0.2) is 4.79 Å². The molecule has 0 radical (unpaired) electrons. The Labute approximate surface area is 143 Å². The molecule has 1 aromatic rings. The fourth-order valence-electron chi connectivity index (χ4n) is 2.79. The molecule has 1 N–H and O–H groups in total. The van der Waals surface area contributed by atoms with Gasteiger partial charge in [0.05, 0.1) is 5.69 Å². The largest absolute Gasteiger partial charge is 0.336 e. The van der Waals surface area contributed by atoms with Gasteiger partial charge in [0.15, 0.2) is 0 Å². The zero-order chi connectivity index (χ0) is 16.7. The lowest BCUT2D eigenvalue weighted by molar-refractivity contribution is 0.111. The van der Waals surface area contributed by atoms with Gasteiger partial charge >= 0.3 is 6.03 Å². The lowest BCUT2D eigenvalue weighted by atomic mass is 10.1. The Kier molecular flexibility index (Phi) is 7.17. The number of pyridine rings is 1. The Morgan fingerprint density at radius 3 is 2.65 bits per heavy atom. The molecule has 128 valence electrons. The highest BCUT2D eigenvalue weighted by Gasteiger charge is 2.25. The fraction of sp³-hybridized carbons (Fsp3) is 0.647. The summed E-state index contributed by atoms with van der Waals surface area (Å²) in [5, 5.41) is 3.10. The van der Waals surface area contributed by atoms with Crippen molar-refractivity contribution in [3.63, 3.8) is 0 Å². The van der Waals surface area contributed by atoms with Crippen LogP contribution in [-0.2, 0) is 0 Å². The van der Waals surface area contributed by atoms with Gasteiger partial charge in [0.2, 0.25) is 0 Å². The Morgan fingerprint density at radius 1 is 1.30 bits per heavy atom. The maximum atomic E-state index is 12.3. The molecule has 6 heteroatoms. The third kappa shape index (κ3) is 5.39. The molecule has 1 aromatic heterocycles. The first-order chi connectivity index (χ1) is 11.1. The van der Waals surface area contributed by atoms with E-state index in [1.807, 2.05) is 35.0 Å². The van der Waals surface area contributed by atoms with E-state index in [1.165, 1.54) is 0 Å². The standard InChI is InChI=1S/C17H28N4OS/c1-14(7-13-23-3)19-17(22)21-11-9-20(10-12-21)15(2)16-6-4-5-8-18-16/h4-6,8,14-15H,7,9-13H2,1-3H3,(H,19,22)/t14-,15+/m1/s1. The minimum atomic E-state index is 0.0729. The lowest BCUT2D eigenvalue weighted by Gasteiger charge is -2.38. The van der Waals surface area contributed by atoms with Gasteiger partial charge in [-0.05, 0) is 44.4 Å². The summed E-state index contributed by atoms with van der Waals surface area (Å²) in [6.45, 7) is 7.60. The molecule has 2 atom stereocenters. The predicted molar refractivity (Wildman–Crippen MR) is 96.8 cm³/mol. The average molecular weight is 337 g/mol. The molecule has 2 amide bonds. The van der Waals surface area contributed by atoms with Crippen LogP contribution < -0.4 is 5.32 Å². The quantitative estimate of drug-likeness (QED) is 0.867. The summed E-state index contributed by atoms with van der Waals surface area (Å²) in [4.78, 5) is 21.1. The topological polar surface area (TPSA) is 48.5 Å². The maximum Gasteiger partial charge on any atom is 0.317 e. The fourth-order valence-corrected chi connectivity index (χ4v) is 3.38. The van der Waals surface area contributed by atoms with Crippen LogP contribution in [0.4, 0.5) is 4.79 Å². The summed E-state index contributed by atoms with van der Waals surface area (Å²) >= 11 is 1.82. The second-order valence-corrected chi connectivity index (χ2v) is 7.07. The van der Waals surface area contributed by atoms with Crippen LogP contribution in [0.2, 0.25) is 0 Å². The molecular formula is C17H28N4OS. The Bertz CT molecular complexity index is 477. The SMILES string of the molecule is CSCC[C@@H](C)NC(=O)N1CCN([C@@H](C)c2ccccn2)CC1. The third-order valence-corrected chi connectivity index (χ3v) is 5.03. The molecule has 1 fully saturated rings. The molecule has 2 heterocycles. The summed E-state index contributed by atoms with van der Waals surface area (Å²) in [5.74, 6) is 1.08. The zero-order valence-corrected chi connectivity index (χ0v) is 15.2. The molecule has 0 spiro atoms. The van der Waals surface area contributed by atoms with Crippen molar-refractivity contribution >= 4 is 17.8 Å². The van der Waals surface area contributed by atoms with Crippen LogP contribution in [0.25, 0.3) is 0 Å². The van der Waals surface area contributed by atoms with Gasteiger partial charge in [-0.1, -0.05) is 6.07 Å². The molecule has 2 rings (SSSR count). The number of aromatic nitrogens is 1. The predicted octanol–water partition coefficient (Wildman–Crippen LogP) is 2.61. The molecule has 0 aliphatic carbocycles. The van der Waals surface area contributed by atoms with Crippen molar-refractivity contribution < 1.29 is 4.79 Å². The van der Waals surface area contributed by atoms with Gasteiger partial charge in [-0.3, -0.25) is 9.88 Å². The van der Waals surface area contributed by atoms with Gasteiger partial charge in [0, 0.05) is 44.5 Å². The lowest BCUT2D eigenvalue weighted by Crippen LogP contribution is -2.53. The number of nitrogens with one attached hydrogen (secondary N) is 1. The van der Waals surface area contributed by atoms with E-state index in [4.69, 9.17) is 0 Å². The first-order valence-corrected chi connectivity index (χ1v) is 9.70. The van der Waals surface area contributed by atoms with E-state index in [-0.39, 0.29) is 12.1 Å². The zero-order valence-electron chi connectivity index (χ0n) is 14.4. The van der Waals surface area contributed by atoms with Gasteiger partial charge in [0.25, 0.3) is 0 Å². The molecule has 0 bridgehead atoms. The van der Waals surface area contributed by atoms with Crippen molar-refractivity contribution in [1.29, 1.82) is 0 Å². The summed E-state index contributed by atoms with van der Waals surface area (Å²) in [6.07, 6.45) is 4.95. The van der Waals surface area contributed by atoms with Gasteiger partial charge in [-0.15, -0.1) is 0 Å². The number of nitrogens with zero attached hydrogens (tertiary/aromatic N) is 3. The molecule has 23 heavy (non-hydrogen) atoms. The summed E-state index contributed by atoms with van der Waals surface area (Å²) < 4.78 is 0. The van der Waals surface area contributed by atoms with E-state index in [1.54, 1.807) is 0 Å². The molecule has 1 aliphatic rings. The first kappa shape index (κ1) is 18.1. The number of carbonyl (C=O) groups is 1. The molecule has 0 saturated carbocycles. The van der Waals surface area contributed by atoms with Gasteiger partial charge in [-0.2, -0.15) is 11.8 Å². The van der Waals surface area contributed by atoms with Crippen LogP contribution in [0.3, 0.4) is 0 Å². The first-order valence-electron chi connectivity index (χ1n) is 8.31. The molecule has 1 saturated heterocycles. The molecule has 5 nitrogen and oxygen atoms in total. The maximum absolute atomic E-state index is 12.3. The second kappa shape index (κ2) is 9.13. The minimum absolute atomic E-state index is 0.0729. The van der Waals surface area contributed by atoms with Crippen LogP contribution in [-0.4, -0.2) is 65.0 Å². The minimum Gasteiger partial charge on any atom is -0.336 e. The van der Waals surface area contributed by atoms with Crippen molar-refractivity contribution in [2.45, 2.75) is 32.4 Å². The number of piperazine rings is 1. The van der Waals surface area contributed by atoms with E-state index in [2.05, 4.69) is 41.4 Å². The van der Waals surface area contributed by atoms with Crippen LogP contribution in [0.1, 0.15) is 32.0 Å². The number of urea groups is 1. The monoisotopic (exact) mass is 336 g/mol. The highest BCUT2D eigenvalue weighted by Crippen LogP contribution is 2.19. The van der Waals surface area contributed by atoms with E-state index < -0.39 is 0 Å². The third-order valence-electron chi connectivity index (χ3n) is 4.39. The highest BCUT2D eigenvalue weighted by molar-refractivity contribution is 7.98. The number of hydrogen-bond acceptors (Lipinski definition) is 4. The normalized spacial score (nSPS) is 18.5. The highest BCUT2D eigenvalue weighted by atomic mass is 32.2. The Hall–Kier alpha value is -1.27.